The molecule has 0 aliphatic heterocycles. The molecule has 1 atom stereocenters. The summed E-state index contributed by atoms with van der Waals surface area (Å²) in [5, 5.41) is 2.49. The highest BCUT2D eigenvalue weighted by Gasteiger charge is 2.26. The van der Waals surface area contributed by atoms with E-state index >= 15 is 0 Å². The van der Waals surface area contributed by atoms with E-state index in [0.29, 0.717) is 5.56 Å². The number of para-hydroxylation sites is 1. The van der Waals surface area contributed by atoms with Crippen molar-refractivity contribution in [2.75, 3.05) is 6.61 Å². The Balaban J connectivity index is 3.15. The van der Waals surface area contributed by atoms with Gasteiger partial charge in [-0.2, -0.15) is 0 Å². The second-order valence-electron chi connectivity index (χ2n) is 4.02. The number of rotatable bonds is 5. The fourth-order valence-electron chi connectivity index (χ4n) is 1.66. The summed E-state index contributed by atoms with van der Waals surface area (Å²) >= 11 is 0. The van der Waals surface area contributed by atoms with Gasteiger partial charge in [-0.15, -0.1) is 0 Å². The summed E-state index contributed by atoms with van der Waals surface area (Å²) in [7, 11) is 0. The van der Waals surface area contributed by atoms with E-state index in [0.717, 1.165) is 0 Å². The molecule has 0 saturated carbocycles. The zero-order valence-corrected chi connectivity index (χ0v) is 11.6. The predicted molar refractivity (Wildman–Crippen MR) is 70.9 cm³/mol. The predicted octanol–water partition coefficient (Wildman–Crippen LogP) is 1.35. The molecule has 1 N–H and O–H groups in total. The van der Waals surface area contributed by atoms with Crippen LogP contribution in [-0.2, 0) is 19.1 Å². The zero-order chi connectivity index (χ0) is 15.1. The Labute approximate surface area is 117 Å². The molecule has 1 aromatic rings. The van der Waals surface area contributed by atoms with Gasteiger partial charge in [-0.25, -0.2) is 4.79 Å². The van der Waals surface area contributed by atoms with Crippen molar-refractivity contribution in [3.63, 3.8) is 0 Å². The van der Waals surface area contributed by atoms with Gasteiger partial charge in [0.1, 0.15) is 5.75 Å². The lowest BCUT2D eigenvalue weighted by Crippen LogP contribution is -2.33. The molecule has 0 aromatic heterocycles. The second kappa shape index (κ2) is 7.28. The van der Waals surface area contributed by atoms with Crippen molar-refractivity contribution in [2.24, 2.45) is 0 Å². The average Bonchev–Trinajstić information content (AvgIpc) is 2.36. The quantitative estimate of drug-likeness (QED) is 0.650. The van der Waals surface area contributed by atoms with Gasteiger partial charge in [-0.05, 0) is 13.0 Å². The van der Waals surface area contributed by atoms with Gasteiger partial charge in [0.25, 0.3) is 0 Å². The number of carbonyl (C=O) groups excluding carboxylic acids is 3. The lowest BCUT2D eigenvalue weighted by Gasteiger charge is -2.19. The Morgan fingerprint density at radius 1 is 1.20 bits per heavy atom. The number of ether oxygens (including phenoxy) is 2. The van der Waals surface area contributed by atoms with E-state index in [-0.39, 0.29) is 18.3 Å². The van der Waals surface area contributed by atoms with Crippen molar-refractivity contribution >= 4 is 17.8 Å². The maximum Gasteiger partial charge on any atom is 0.333 e. The van der Waals surface area contributed by atoms with Crippen molar-refractivity contribution in [2.45, 2.75) is 26.8 Å². The highest BCUT2D eigenvalue weighted by Crippen LogP contribution is 2.26. The monoisotopic (exact) mass is 279 g/mol. The fourth-order valence-corrected chi connectivity index (χ4v) is 1.66. The Morgan fingerprint density at radius 3 is 2.40 bits per heavy atom. The first-order valence-corrected chi connectivity index (χ1v) is 6.16. The van der Waals surface area contributed by atoms with E-state index in [1.807, 2.05) is 0 Å². The summed E-state index contributed by atoms with van der Waals surface area (Å²) in [5.41, 5.74) is 0.372. The Bertz CT molecular complexity index is 512. The minimum Gasteiger partial charge on any atom is -0.464 e. The van der Waals surface area contributed by atoms with E-state index in [1.54, 1.807) is 31.2 Å². The molecule has 0 radical (unpaired) electrons. The third kappa shape index (κ3) is 4.38. The standard InChI is InChI=1S/C14H17NO5/c1-4-19-14(18)13(15-9(2)16)11-7-5-6-8-12(11)20-10(3)17/h5-8,13H,4H2,1-3H3,(H,15,16). The maximum absolute atomic E-state index is 11.9. The van der Waals surface area contributed by atoms with Crippen LogP contribution in [0.3, 0.4) is 0 Å². The molecule has 1 aromatic carbocycles. The molecule has 0 bridgehead atoms. The van der Waals surface area contributed by atoms with Crippen LogP contribution in [0.4, 0.5) is 0 Å². The topological polar surface area (TPSA) is 81.7 Å². The molecular weight excluding hydrogens is 262 g/mol. The zero-order valence-electron chi connectivity index (χ0n) is 11.6. The van der Waals surface area contributed by atoms with Crippen LogP contribution in [-0.4, -0.2) is 24.5 Å². The number of esters is 2. The molecule has 0 heterocycles. The molecule has 6 nitrogen and oxygen atoms in total. The van der Waals surface area contributed by atoms with Crippen molar-refractivity contribution in [1.82, 2.24) is 5.32 Å². The fraction of sp³-hybridized carbons (Fsp3) is 0.357. The number of carbonyl (C=O) groups is 3. The first-order chi connectivity index (χ1) is 9.45. The van der Waals surface area contributed by atoms with Crippen molar-refractivity contribution in [3.05, 3.63) is 29.8 Å². The number of benzene rings is 1. The highest BCUT2D eigenvalue weighted by atomic mass is 16.5. The molecule has 0 spiro atoms. The third-order valence-electron chi connectivity index (χ3n) is 2.35. The minimum atomic E-state index is -1.01. The van der Waals surface area contributed by atoms with Crippen LogP contribution in [0.15, 0.2) is 24.3 Å². The first kappa shape index (κ1) is 15.7. The van der Waals surface area contributed by atoms with Crippen LogP contribution in [0.2, 0.25) is 0 Å². The molecule has 0 aliphatic rings. The van der Waals surface area contributed by atoms with Gasteiger partial charge in [-0.3, -0.25) is 9.59 Å². The summed E-state index contributed by atoms with van der Waals surface area (Å²) in [5.74, 6) is -1.29. The van der Waals surface area contributed by atoms with Gasteiger partial charge in [0, 0.05) is 19.4 Å². The number of hydrogen-bond donors (Lipinski definition) is 1. The van der Waals surface area contributed by atoms with E-state index < -0.39 is 18.0 Å². The van der Waals surface area contributed by atoms with E-state index in [2.05, 4.69) is 5.32 Å². The van der Waals surface area contributed by atoms with Crippen LogP contribution in [0.5, 0.6) is 5.75 Å². The molecule has 0 fully saturated rings. The molecular formula is C14H17NO5. The normalized spacial score (nSPS) is 11.3. The molecule has 0 aliphatic carbocycles. The molecule has 1 amide bonds. The van der Waals surface area contributed by atoms with Crippen LogP contribution in [0.1, 0.15) is 32.4 Å². The minimum absolute atomic E-state index is 0.185. The van der Waals surface area contributed by atoms with Crippen LogP contribution >= 0.6 is 0 Å². The van der Waals surface area contributed by atoms with Crippen molar-refractivity contribution in [3.8, 4) is 5.75 Å². The van der Waals surface area contributed by atoms with Crippen LogP contribution in [0, 0.1) is 0 Å². The summed E-state index contributed by atoms with van der Waals surface area (Å²) in [4.78, 5) is 34.3. The largest absolute Gasteiger partial charge is 0.464 e. The summed E-state index contributed by atoms with van der Waals surface area (Å²) < 4.78 is 9.96. The molecule has 1 rings (SSSR count). The molecule has 0 saturated heterocycles. The van der Waals surface area contributed by atoms with Crippen molar-refractivity contribution in [1.29, 1.82) is 0 Å². The lowest BCUT2D eigenvalue weighted by atomic mass is 10.1. The van der Waals surface area contributed by atoms with Gasteiger partial charge >= 0.3 is 11.9 Å². The number of nitrogens with one attached hydrogen (secondary N) is 1. The second-order valence-corrected chi connectivity index (χ2v) is 4.02. The first-order valence-electron chi connectivity index (χ1n) is 6.16. The summed E-state index contributed by atoms with van der Waals surface area (Å²) in [6.07, 6.45) is 0. The average molecular weight is 279 g/mol. The van der Waals surface area contributed by atoms with Gasteiger partial charge < -0.3 is 14.8 Å². The van der Waals surface area contributed by atoms with E-state index in [1.165, 1.54) is 13.8 Å². The highest BCUT2D eigenvalue weighted by molar-refractivity contribution is 5.85. The molecule has 6 heteroatoms. The third-order valence-corrected chi connectivity index (χ3v) is 2.35. The van der Waals surface area contributed by atoms with Crippen LogP contribution < -0.4 is 10.1 Å². The maximum atomic E-state index is 11.9. The van der Waals surface area contributed by atoms with Gasteiger partial charge in [-0.1, -0.05) is 18.2 Å². The number of amides is 1. The van der Waals surface area contributed by atoms with E-state index in [4.69, 9.17) is 9.47 Å². The number of hydrogen-bond acceptors (Lipinski definition) is 5. The van der Waals surface area contributed by atoms with Crippen molar-refractivity contribution < 1.29 is 23.9 Å². The smallest absolute Gasteiger partial charge is 0.333 e. The van der Waals surface area contributed by atoms with E-state index in [9.17, 15) is 14.4 Å². The Morgan fingerprint density at radius 2 is 1.85 bits per heavy atom. The summed E-state index contributed by atoms with van der Waals surface area (Å²) in [6, 6.07) is 5.47. The lowest BCUT2D eigenvalue weighted by molar-refractivity contribution is -0.147. The van der Waals surface area contributed by atoms with Gasteiger partial charge in [0.15, 0.2) is 6.04 Å². The summed E-state index contributed by atoms with van der Waals surface area (Å²) in [6.45, 7) is 4.40. The Hall–Kier alpha value is -2.37. The van der Waals surface area contributed by atoms with Gasteiger partial charge in [0.2, 0.25) is 5.91 Å². The Kier molecular flexibility index (Phi) is 5.71. The van der Waals surface area contributed by atoms with Crippen LogP contribution in [0.25, 0.3) is 0 Å². The molecule has 108 valence electrons. The van der Waals surface area contributed by atoms with Gasteiger partial charge in [0.05, 0.1) is 6.61 Å². The SMILES string of the molecule is CCOC(=O)C(NC(C)=O)c1ccccc1OC(C)=O. The molecule has 1 unspecified atom stereocenters. The molecule has 20 heavy (non-hydrogen) atoms.